The third-order valence-corrected chi connectivity index (χ3v) is 1.66. The molecule has 0 bridgehead atoms. The predicted octanol–water partition coefficient (Wildman–Crippen LogP) is 1.29. The lowest BCUT2D eigenvalue weighted by Gasteiger charge is -2.17. The molecule has 0 fully saturated rings. The van der Waals surface area contributed by atoms with Crippen LogP contribution < -0.4 is 5.32 Å². The lowest BCUT2D eigenvalue weighted by molar-refractivity contribution is 0.279. The second kappa shape index (κ2) is 7.03. The second-order valence-corrected chi connectivity index (χ2v) is 2.46. The highest BCUT2D eigenvalue weighted by molar-refractivity contribution is 4.49. The normalized spacial score (nSPS) is 10.8. The minimum absolute atomic E-state index is 1.04. The molecular formula is C8H20N2. The van der Waals surface area contributed by atoms with Crippen LogP contribution in [0.4, 0.5) is 0 Å². The largest absolute Gasteiger partial charge is 0.304 e. The van der Waals surface area contributed by atoms with Crippen LogP contribution in [-0.2, 0) is 0 Å². The van der Waals surface area contributed by atoms with Gasteiger partial charge in [-0.2, -0.15) is 0 Å². The van der Waals surface area contributed by atoms with E-state index in [-0.39, 0.29) is 0 Å². The van der Waals surface area contributed by atoms with Gasteiger partial charge >= 0.3 is 0 Å². The molecule has 2 nitrogen and oxygen atoms in total. The molecule has 0 heterocycles. The van der Waals surface area contributed by atoms with Crippen molar-refractivity contribution in [1.82, 2.24) is 10.2 Å². The molecular weight excluding hydrogens is 124 g/mol. The Morgan fingerprint density at radius 3 is 2.10 bits per heavy atom. The Balaban J connectivity index is 3.09. The van der Waals surface area contributed by atoms with Crippen molar-refractivity contribution in [2.24, 2.45) is 0 Å². The highest BCUT2D eigenvalue weighted by atomic mass is 15.2. The monoisotopic (exact) mass is 144 g/mol. The Hall–Kier alpha value is -0.0800. The molecule has 0 aromatic carbocycles. The molecule has 0 atom stereocenters. The maximum Gasteiger partial charge on any atom is 0.0480 e. The van der Waals surface area contributed by atoms with Gasteiger partial charge in [-0.15, -0.1) is 0 Å². The second-order valence-electron chi connectivity index (χ2n) is 2.46. The Bertz CT molecular complexity index is 60.3. The predicted molar refractivity (Wildman–Crippen MR) is 46.1 cm³/mol. The first-order chi connectivity index (χ1) is 4.85. The van der Waals surface area contributed by atoms with Gasteiger partial charge in [-0.3, -0.25) is 4.90 Å². The summed E-state index contributed by atoms with van der Waals surface area (Å²) < 4.78 is 0. The molecule has 0 saturated heterocycles. The Morgan fingerprint density at radius 1 is 1.10 bits per heavy atom. The maximum absolute atomic E-state index is 3.36. The van der Waals surface area contributed by atoms with Gasteiger partial charge in [-0.05, 0) is 26.1 Å². The fraction of sp³-hybridized carbons (Fsp3) is 1.00. The van der Waals surface area contributed by atoms with Crippen molar-refractivity contribution >= 4 is 0 Å². The molecule has 0 saturated carbocycles. The first kappa shape index (κ1) is 9.92. The fourth-order valence-corrected chi connectivity index (χ4v) is 0.861. The number of nitrogens with zero attached hydrogens (tertiary/aromatic N) is 1. The van der Waals surface area contributed by atoms with Crippen molar-refractivity contribution in [2.75, 3.05) is 26.3 Å². The first-order valence-corrected chi connectivity index (χ1v) is 4.28. The van der Waals surface area contributed by atoms with Gasteiger partial charge in [0.05, 0.1) is 0 Å². The zero-order valence-electron chi connectivity index (χ0n) is 7.48. The standard InChI is InChI=1S/C8H20N2/c1-4-7-9-8-10(5-2)6-3/h9H,4-8H2,1-3H3. The molecule has 2 heteroatoms. The molecule has 0 radical (unpaired) electrons. The van der Waals surface area contributed by atoms with Gasteiger partial charge in [-0.25, -0.2) is 0 Å². The van der Waals surface area contributed by atoms with E-state index in [2.05, 4.69) is 31.0 Å². The zero-order valence-corrected chi connectivity index (χ0v) is 7.48. The van der Waals surface area contributed by atoms with Crippen molar-refractivity contribution in [1.29, 1.82) is 0 Å². The fourth-order valence-electron chi connectivity index (χ4n) is 0.861. The summed E-state index contributed by atoms with van der Waals surface area (Å²) in [5, 5.41) is 3.36. The van der Waals surface area contributed by atoms with Crippen LogP contribution in [0.5, 0.6) is 0 Å². The molecule has 0 aliphatic rings. The van der Waals surface area contributed by atoms with E-state index in [0.29, 0.717) is 0 Å². The van der Waals surface area contributed by atoms with E-state index in [1.54, 1.807) is 0 Å². The van der Waals surface area contributed by atoms with Gasteiger partial charge in [0.1, 0.15) is 0 Å². The first-order valence-electron chi connectivity index (χ1n) is 4.28. The minimum Gasteiger partial charge on any atom is -0.304 e. The van der Waals surface area contributed by atoms with Crippen LogP contribution in [0.2, 0.25) is 0 Å². The topological polar surface area (TPSA) is 15.3 Å². The van der Waals surface area contributed by atoms with E-state index in [9.17, 15) is 0 Å². The highest BCUT2D eigenvalue weighted by Gasteiger charge is 1.94. The third kappa shape index (κ3) is 4.77. The van der Waals surface area contributed by atoms with Crippen molar-refractivity contribution < 1.29 is 0 Å². The molecule has 1 N–H and O–H groups in total. The minimum atomic E-state index is 1.04. The summed E-state index contributed by atoms with van der Waals surface area (Å²) in [4.78, 5) is 2.37. The number of rotatable bonds is 6. The quantitative estimate of drug-likeness (QED) is 0.446. The summed E-state index contributed by atoms with van der Waals surface area (Å²) >= 11 is 0. The van der Waals surface area contributed by atoms with E-state index >= 15 is 0 Å². The zero-order chi connectivity index (χ0) is 7.82. The van der Waals surface area contributed by atoms with Gasteiger partial charge in [0, 0.05) is 6.67 Å². The van der Waals surface area contributed by atoms with Gasteiger partial charge in [0.25, 0.3) is 0 Å². The summed E-state index contributed by atoms with van der Waals surface area (Å²) in [6.45, 7) is 11.0. The Kier molecular flexibility index (Phi) is 6.98. The Labute approximate surface area is 64.6 Å². The molecule has 0 amide bonds. The summed E-state index contributed by atoms with van der Waals surface area (Å²) in [6, 6.07) is 0. The lowest BCUT2D eigenvalue weighted by Crippen LogP contribution is -2.34. The summed E-state index contributed by atoms with van der Waals surface area (Å²) in [6.07, 6.45) is 1.22. The lowest BCUT2D eigenvalue weighted by atomic mass is 10.5. The van der Waals surface area contributed by atoms with Gasteiger partial charge < -0.3 is 5.32 Å². The molecule has 0 aliphatic carbocycles. The van der Waals surface area contributed by atoms with Gasteiger partial charge in [0.15, 0.2) is 0 Å². The van der Waals surface area contributed by atoms with Gasteiger partial charge in [0.2, 0.25) is 0 Å². The summed E-state index contributed by atoms with van der Waals surface area (Å²) in [5.74, 6) is 0. The van der Waals surface area contributed by atoms with Crippen LogP contribution in [-0.4, -0.2) is 31.2 Å². The van der Waals surface area contributed by atoms with Crippen LogP contribution in [0.15, 0.2) is 0 Å². The van der Waals surface area contributed by atoms with Crippen molar-refractivity contribution in [3.63, 3.8) is 0 Å². The number of hydrogen-bond acceptors (Lipinski definition) is 2. The molecule has 0 aliphatic heterocycles. The summed E-state index contributed by atoms with van der Waals surface area (Å²) in [5.41, 5.74) is 0. The third-order valence-electron chi connectivity index (χ3n) is 1.66. The molecule has 10 heavy (non-hydrogen) atoms. The van der Waals surface area contributed by atoms with Crippen LogP contribution in [0.25, 0.3) is 0 Å². The molecule has 0 rings (SSSR count). The molecule has 62 valence electrons. The van der Waals surface area contributed by atoms with Crippen molar-refractivity contribution in [2.45, 2.75) is 27.2 Å². The highest BCUT2D eigenvalue weighted by Crippen LogP contribution is 1.82. The molecule has 0 spiro atoms. The SMILES string of the molecule is CCCNCN(CC)CC. The smallest absolute Gasteiger partial charge is 0.0480 e. The summed E-state index contributed by atoms with van der Waals surface area (Å²) in [7, 11) is 0. The van der Waals surface area contributed by atoms with Gasteiger partial charge in [-0.1, -0.05) is 20.8 Å². The average Bonchev–Trinajstić information content (AvgIpc) is 1.99. The number of nitrogens with one attached hydrogen (secondary N) is 1. The van der Waals surface area contributed by atoms with Crippen LogP contribution in [0.3, 0.4) is 0 Å². The molecule has 0 aromatic heterocycles. The number of hydrogen-bond donors (Lipinski definition) is 1. The van der Waals surface area contributed by atoms with Crippen molar-refractivity contribution in [3.8, 4) is 0 Å². The Morgan fingerprint density at radius 2 is 1.70 bits per heavy atom. The van der Waals surface area contributed by atoms with E-state index in [1.807, 2.05) is 0 Å². The van der Waals surface area contributed by atoms with E-state index in [0.717, 1.165) is 26.3 Å². The van der Waals surface area contributed by atoms with E-state index < -0.39 is 0 Å². The van der Waals surface area contributed by atoms with Crippen LogP contribution in [0.1, 0.15) is 27.2 Å². The molecule has 0 aromatic rings. The van der Waals surface area contributed by atoms with Crippen molar-refractivity contribution in [3.05, 3.63) is 0 Å². The molecule has 0 unspecified atom stereocenters. The van der Waals surface area contributed by atoms with Crippen LogP contribution >= 0.6 is 0 Å². The van der Waals surface area contributed by atoms with Crippen LogP contribution in [0, 0.1) is 0 Å². The van der Waals surface area contributed by atoms with E-state index in [1.165, 1.54) is 6.42 Å². The average molecular weight is 144 g/mol. The maximum atomic E-state index is 3.36. The van der Waals surface area contributed by atoms with E-state index in [4.69, 9.17) is 0 Å².